The van der Waals surface area contributed by atoms with Gasteiger partial charge in [-0.2, -0.15) is 0 Å². The molecule has 0 aliphatic rings. The molecule has 0 spiro atoms. The van der Waals surface area contributed by atoms with Crippen LogP contribution in [-0.2, 0) is 0 Å². The van der Waals surface area contributed by atoms with Crippen molar-refractivity contribution in [3.05, 3.63) is 56.6 Å². The average Bonchev–Trinajstić information content (AvgIpc) is 2.74. The third-order valence-corrected chi connectivity index (χ3v) is 3.90. The number of fused-ring (bicyclic) bond motifs is 1. The van der Waals surface area contributed by atoms with Gasteiger partial charge in [0.1, 0.15) is 0 Å². The van der Waals surface area contributed by atoms with Gasteiger partial charge in [-0.05, 0) is 26.8 Å². The number of hydrogen-bond donors (Lipinski definition) is 1. The zero-order valence-corrected chi connectivity index (χ0v) is 12.2. The van der Waals surface area contributed by atoms with Gasteiger partial charge in [0.15, 0.2) is 5.65 Å². The van der Waals surface area contributed by atoms with Crippen LogP contribution in [0.4, 0.5) is 0 Å². The van der Waals surface area contributed by atoms with Crippen molar-refractivity contribution in [3.63, 3.8) is 0 Å². The summed E-state index contributed by atoms with van der Waals surface area (Å²) in [5.74, 6) is 0. The molecule has 0 amide bonds. The SMILES string of the molecule is Cc1nc2c(-c3ccccc3Cl)c(C)[nH]n2c(=O)c1C. The van der Waals surface area contributed by atoms with Gasteiger partial charge in [-0.3, -0.25) is 9.89 Å². The van der Waals surface area contributed by atoms with Crippen molar-refractivity contribution in [2.75, 3.05) is 0 Å². The van der Waals surface area contributed by atoms with Gasteiger partial charge >= 0.3 is 0 Å². The average molecular weight is 288 g/mol. The first-order valence-electron chi connectivity index (χ1n) is 6.34. The Hall–Kier alpha value is -2.07. The zero-order chi connectivity index (χ0) is 14.4. The minimum Gasteiger partial charge on any atom is -0.293 e. The topological polar surface area (TPSA) is 50.2 Å². The Labute approximate surface area is 121 Å². The summed E-state index contributed by atoms with van der Waals surface area (Å²) in [6.07, 6.45) is 0. The number of benzene rings is 1. The fourth-order valence-corrected chi connectivity index (χ4v) is 2.59. The third kappa shape index (κ3) is 1.76. The van der Waals surface area contributed by atoms with Crippen LogP contribution in [0.5, 0.6) is 0 Å². The van der Waals surface area contributed by atoms with E-state index in [-0.39, 0.29) is 5.56 Å². The van der Waals surface area contributed by atoms with Gasteiger partial charge in [-0.15, -0.1) is 0 Å². The number of hydrogen-bond acceptors (Lipinski definition) is 2. The largest absolute Gasteiger partial charge is 0.293 e. The van der Waals surface area contributed by atoms with Crippen LogP contribution in [0.3, 0.4) is 0 Å². The molecule has 0 saturated carbocycles. The Morgan fingerprint density at radius 3 is 2.60 bits per heavy atom. The monoisotopic (exact) mass is 287 g/mol. The number of aryl methyl sites for hydroxylation is 2. The smallest absolute Gasteiger partial charge is 0.275 e. The molecule has 102 valence electrons. The highest BCUT2D eigenvalue weighted by Crippen LogP contribution is 2.32. The molecular weight excluding hydrogens is 274 g/mol. The summed E-state index contributed by atoms with van der Waals surface area (Å²) in [6.45, 7) is 5.54. The molecule has 20 heavy (non-hydrogen) atoms. The number of aromatic nitrogens is 3. The van der Waals surface area contributed by atoms with Gasteiger partial charge in [0.2, 0.25) is 0 Å². The lowest BCUT2D eigenvalue weighted by Crippen LogP contribution is -2.19. The van der Waals surface area contributed by atoms with E-state index in [2.05, 4.69) is 10.1 Å². The molecule has 0 aliphatic carbocycles. The highest BCUT2D eigenvalue weighted by molar-refractivity contribution is 6.33. The van der Waals surface area contributed by atoms with Crippen molar-refractivity contribution in [1.82, 2.24) is 14.6 Å². The number of nitrogens with one attached hydrogen (secondary N) is 1. The van der Waals surface area contributed by atoms with Crippen LogP contribution < -0.4 is 5.56 Å². The van der Waals surface area contributed by atoms with E-state index in [1.165, 1.54) is 4.52 Å². The van der Waals surface area contributed by atoms with E-state index in [0.717, 1.165) is 22.5 Å². The van der Waals surface area contributed by atoms with Crippen molar-refractivity contribution < 1.29 is 0 Å². The summed E-state index contributed by atoms with van der Waals surface area (Å²) in [5.41, 5.74) is 4.54. The number of aromatic amines is 1. The van der Waals surface area contributed by atoms with E-state index in [0.29, 0.717) is 16.2 Å². The second-order valence-electron chi connectivity index (χ2n) is 4.88. The maximum absolute atomic E-state index is 12.3. The number of H-pyrrole nitrogens is 1. The molecule has 0 unspecified atom stereocenters. The van der Waals surface area contributed by atoms with Crippen molar-refractivity contribution in [1.29, 1.82) is 0 Å². The summed E-state index contributed by atoms with van der Waals surface area (Å²) in [4.78, 5) is 16.8. The molecule has 0 fully saturated rings. The van der Waals surface area contributed by atoms with E-state index in [4.69, 9.17) is 11.6 Å². The maximum Gasteiger partial charge on any atom is 0.275 e. The fourth-order valence-electron chi connectivity index (χ4n) is 2.36. The molecule has 3 rings (SSSR count). The van der Waals surface area contributed by atoms with E-state index >= 15 is 0 Å². The van der Waals surface area contributed by atoms with Crippen LogP contribution in [-0.4, -0.2) is 14.6 Å². The third-order valence-electron chi connectivity index (χ3n) is 3.57. The van der Waals surface area contributed by atoms with Crippen LogP contribution in [0.25, 0.3) is 16.8 Å². The lowest BCUT2D eigenvalue weighted by molar-refractivity contribution is 0.859. The second kappa shape index (κ2) is 4.49. The summed E-state index contributed by atoms with van der Waals surface area (Å²) in [7, 11) is 0. The zero-order valence-electron chi connectivity index (χ0n) is 11.5. The standard InChI is InChI=1S/C15H14ClN3O/c1-8-9(2)17-14-13(10(3)18-19(14)15(8)20)11-6-4-5-7-12(11)16/h4-7,18H,1-3H3. The van der Waals surface area contributed by atoms with Gasteiger partial charge in [-0.1, -0.05) is 29.8 Å². The Bertz CT molecular complexity index is 877. The Morgan fingerprint density at radius 2 is 1.90 bits per heavy atom. The molecule has 0 bridgehead atoms. The molecule has 2 heterocycles. The lowest BCUT2D eigenvalue weighted by Gasteiger charge is -2.04. The van der Waals surface area contributed by atoms with Gasteiger partial charge in [0, 0.05) is 33.1 Å². The molecule has 1 aromatic carbocycles. The van der Waals surface area contributed by atoms with E-state index in [9.17, 15) is 4.79 Å². The first-order chi connectivity index (χ1) is 9.50. The van der Waals surface area contributed by atoms with Crippen molar-refractivity contribution in [2.24, 2.45) is 0 Å². The Balaban J connectivity index is 2.47. The Kier molecular flexibility index (Phi) is 2.91. The predicted molar refractivity (Wildman–Crippen MR) is 80.5 cm³/mol. The Morgan fingerprint density at radius 1 is 1.20 bits per heavy atom. The number of halogens is 1. The summed E-state index contributed by atoms with van der Waals surface area (Å²) < 4.78 is 1.48. The second-order valence-corrected chi connectivity index (χ2v) is 5.29. The molecule has 0 radical (unpaired) electrons. The molecule has 4 nitrogen and oxygen atoms in total. The van der Waals surface area contributed by atoms with Crippen LogP contribution in [0.2, 0.25) is 5.02 Å². The van der Waals surface area contributed by atoms with Crippen molar-refractivity contribution >= 4 is 17.2 Å². The first kappa shape index (κ1) is 12.9. The highest BCUT2D eigenvalue weighted by Gasteiger charge is 2.17. The lowest BCUT2D eigenvalue weighted by atomic mass is 10.1. The van der Waals surface area contributed by atoms with Crippen molar-refractivity contribution in [3.8, 4) is 11.1 Å². The predicted octanol–water partition coefficient (Wildman–Crippen LogP) is 3.27. The molecule has 1 N–H and O–H groups in total. The summed E-state index contributed by atoms with van der Waals surface area (Å²) in [6, 6.07) is 7.56. The van der Waals surface area contributed by atoms with E-state index in [1.807, 2.05) is 38.1 Å². The fraction of sp³-hybridized carbons (Fsp3) is 0.200. The van der Waals surface area contributed by atoms with Gasteiger partial charge < -0.3 is 0 Å². The maximum atomic E-state index is 12.3. The summed E-state index contributed by atoms with van der Waals surface area (Å²) >= 11 is 6.27. The number of nitrogens with zero attached hydrogens (tertiary/aromatic N) is 2. The van der Waals surface area contributed by atoms with Gasteiger partial charge in [0.05, 0.1) is 0 Å². The first-order valence-corrected chi connectivity index (χ1v) is 6.72. The van der Waals surface area contributed by atoms with Crippen molar-refractivity contribution in [2.45, 2.75) is 20.8 Å². The quantitative estimate of drug-likeness (QED) is 0.747. The molecule has 2 aromatic heterocycles. The molecule has 5 heteroatoms. The van der Waals surface area contributed by atoms with E-state index < -0.39 is 0 Å². The van der Waals surface area contributed by atoms with Crippen LogP contribution in [0, 0.1) is 20.8 Å². The van der Waals surface area contributed by atoms with Crippen LogP contribution in [0.15, 0.2) is 29.1 Å². The molecule has 0 saturated heterocycles. The molecule has 0 aliphatic heterocycles. The van der Waals surface area contributed by atoms with E-state index in [1.54, 1.807) is 6.92 Å². The summed E-state index contributed by atoms with van der Waals surface area (Å²) in [5, 5.41) is 3.72. The highest BCUT2D eigenvalue weighted by atomic mass is 35.5. The molecule has 0 atom stereocenters. The molecule has 3 aromatic rings. The molecular formula is C15H14ClN3O. The number of rotatable bonds is 1. The van der Waals surface area contributed by atoms with Crippen LogP contribution in [0.1, 0.15) is 17.0 Å². The van der Waals surface area contributed by atoms with Gasteiger partial charge in [0.25, 0.3) is 5.56 Å². The normalized spacial score (nSPS) is 11.2. The minimum absolute atomic E-state index is 0.0751. The van der Waals surface area contributed by atoms with Gasteiger partial charge in [-0.25, -0.2) is 9.50 Å². The minimum atomic E-state index is -0.0751. The van der Waals surface area contributed by atoms with Crippen LogP contribution >= 0.6 is 11.6 Å².